The van der Waals surface area contributed by atoms with Crippen LogP contribution in [0.5, 0.6) is 5.75 Å². The molecule has 2 rings (SSSR count). The summed E-state index contributed by atoms with van der Waals surface area (Å²) >= 11 is 0. The van der Waals surface area contributed by atoms with Crippen LogP contribution in [0.3, 0.4) is 0 Å². The summed E-state index contributed by atoms with van der Waals surface area (Å²) in [6, 6.07) is 9.99. The Morgan fingerprint density at radius 2 is 1.74 bits per heavy atom. The molecular formula is C20H28N2O. The topological polar surface area (TPSA) is 38.0 Å². The minimum Gasteiger partial charge on any atom is -0.497 e. The van der Waals surface area contributed by atoms with E-state index in [1.165, 1.54) is 0 Å². The summed E-state index contributed by atoms with van der Waals surface area (Å²) in [6.07, 6.45) is 7.45. The number of allylic oxidation sites excluding steroid dienone is 1. The van der Waals surface area contributed by atoms with Crippen molar-refractivity contribution in [3.8, 4) is 17.5 Å². The molecule has 3 nitrogen and oxygen atoms in total. The Morgan fingerprint density at radius 3 is 2.22 bits per heavy atom. The summed E-state index contributed by atoms with van der Waals surface area (Å²) in [6.45, 7) is 11.7. The zero-order valence-corrected chi connectivity index (χ0v) is 15.0. The van der Waals surface area contributed by atoms with Crippen molar-refractivity contribution in [2.45, 2.75) is 40.5 Å². The average molecular weight is 312 g/mol. The van der Waals surface area contributed by atoms with Crippen LogP contribution in [0.2, 0.25) is 0 Å². The molecular weight excluding hydrogens is 284 g/mol. The molecule has 23 heavy (non-hydrogen) atoms. The molecule has 0 bridgehead atoms. The van der Waals surface area contributed by atoms with E-state index in [4.69, 9.17) is 10.00 Å². The minimum atomic E-state index is 0.720. The second kappa shape index (κ2) is 12.1. The van der Waals surface area contributed by atoms with Gasteiger partial charge in [-0.15, -0.1) is 6.58 Å². The Balaban J connectivity index is 0.00000112. The van der Waals surface area contributed by atoms with Crippen molar-refractivity contribution in [3.63, 3.8) is 0 Å². The van der Waals surface area contributed by atoms with Crippen LogP contribution >= 0.6 is 0 Å². The molecule has 0 amide bonds. The number of nitrogens with zero attached hydrogens (tertiary/aromatic N) is 2. The van der Waals surface area contributed by atoms with E-state index in [0.29, 0.717) is 0 Å². The van der Waals surface area contributed by atoms with Crippen molar-refractivity contribution >= 4 is 0 Å². The summed E-state index contributed by atoms with van der Waals surface area (Å²) in [5.74, 6) is 0.822. The highest BCUT2D eigenvalue weighted by Gasteiger charge is 2.07. The fourth-order valence-corrected chi connectivity index (χ4v) is 1.96. The number of methoxy groups -OCH3 is 1. The van der Waals surface area contributed by atoms with Gasteiger partial charge in [-0.3, -0.25) is 0 Å². The SMILES string of the molecule is C=CCCc1cn(-c2ccc(OC)cc2)cc1C#N.CC.CC. The number of hydrogen-bond acceptors (Lipinski definition) is 2. The van der Waals surface area contributed by atoms with Crippen molar-refractivity contribution in [1.29, 1.82) is 5.26 Å². The van der Waals surface area contributed by atoms with E-state index in [9.17, 15) is 0 Å². The summed E-state index contributed by atoms with van der Waals surface area (Å²) in [5.41, 5.74) is 2.79. The van der Waals surface area contributed by atoms with Crippen LogP contribution in [0.25, 0.3) is 5.69 Å². The Morgan fingerprint density at radius 1 is 1.13 bits per heavy atom. The first-order valence-corrected chi connectivity index (χ1v) is 8.14. The molecule has 0 aliphatic carbocycles. The van der Waals surface area contributed by atoms with Crippen LogP contribution in [-0.4, -0.2) is 11.7 Å². The van der Waals surface area contributed by atoms with Crippen molar-refractivity contribution < 1.29 is 4.74 Å². The van der Waals surface area contributed by atoms with Gasteiger partial charge in [-0.2, -0.15) is 5.26 Å². The lowest BCUT2D eigenvalue weighted by atomic mass is 10.1. The molecule has 0 spiro atoms. The molecule has 0 atom stereocenters. The largest absolute Gasteiger partial charge is 0.497 e. The third-order valence-electron chi connectivity index (χ3n) is 3.02. The Bertz CT molecular complexity index is 604. The van der Waals surface area contributed by atoms with E-state index < -0.39 is 0 Å². The lowest BCUT2D eigenvalue weighted by Crippen LogP contribution is -1.90. The Hall–Kier alpha value is -2.47. The molecule has 2 aromatic rings. The second-order valence-corrected chi connectivity index (χ2v) is 4.24. The first-order valence-electron chi connectivity index (χ1n) is 8.14. The fourth-order valence-electron chi connectivity index (χ4n) is 1.96. The second-order valence-electron chi connectivity index (χ2n) is 4.24. The lowest BCUT2D eigenvalue weighted by Gasteiger charge is -2.04. The average Bonchev–Trinajstić information content (AvgIpc) is 3.06. The van der Waals surface area contributed by atoms with Crippen LogP contribution < -0.4 is 4.74 Å². The molecule has 3 heteroatoms. The van der Waals surface area contributed by atoms with Gasteiger partial charge in [0.2, 0.25) is 0 Å². The van der Waals surface area contributed by atoms with Crippen LogP contribution in [0.4, 0.5) is 0 Å². The zero-order chi connectivity index (χ0) is 17.7. The highest BCUT2D eigenvalue weighted by atomic mass is 16.5. The fraction of sp³-hybridized carbons (Fsp3) is 0.350. The molecule has 0 unspecified atom stereocenters. The van der Waals surface area contributed by atoms with Crippen molar-refractivity contribution in [2.24, 2.45) is 0 Å². The molecule has 1 aromatic carbocycles. The van der Waals surface area contributed by atoms with Gasteiger partial charge < -0.3 is 9.30 Å². The number of ether oxygens (including phenoxy) is 1. The van der Waals surface area contributed by atoms with Crippen LogP contribution in [0.15, 0.2) is 49.3 Å². The van der Waals surface area contributed by atoms with Gasteiger partial charge in [-0.25, -0.2) is 0 Å². The van der Waals surface area contributed by atoms with Crippen LogP contribution in [0, 0.1) is 11.3 Å². The quantitative estimate of drug-likeness (QED) is 0.681. The van der Waals surface area contributed by atoms with Crippen LogP contribution in [-0.2, 0) is 6.42 Å². The molecule has 0 radical (unpaired) electrons. The first kappa shape index (κ1) is 20.5. The third-order valence-corrected chi connectivity index (χ3v) is 3.02. The number of rotatable bonds is 5. The van der Waals surface area contributed by atoms with Gasteiger partial charge in [-0.1, -0.05) is 33.8 Å². The summed E-state index contributed by atoms with van der Waals surface area (Å²) in [4.78, 5) is 0. The third kappa shape index (κ3) is 6.04. The number of aromatic nitrogens is 1. The van der Waals surface area contributed by atoms with Gasteiger partial charge in [0.15, 0.2) is 0 Å². The molecule has 0 saturated heterocycles. The molecule has 0 fully saturated rings. The summed E-state index contributed by atoms with van der Waals surface area (Å²) < 4.78 is 7.10. The van der Waals surface area contributed by atoms with E-state index >= 15 is 0 Å². The minimum absolute atomic E-state index is 0.720. The maximum atomic E-state index is 9.15. The van der Waals surface area contributed by atoms with Gasteiger partial charge in [0, 0.05) is 18.1 Å². The van der Waals surface area contributed by atoms with Gasteiger partial charge in [0.1, 0.15) is 11.8 Å². The first-order chi connectivity index (χ1) is 11.3. The maximum Gasteiger partial charge on any atom is 0.119 e. The predicted octanol–water partition coefficient (Wildman–Crippen LogP) is 5.53. The number of benzene rings is 1. The van der Waals surface area contributed by atoms with E-state index in [1.807, 2.05) is 75.0 Å². The molecule has 1 heterocycles. The van der Waals surface area contributed by atoms with E-state index in [2.05, 4.69) is 12.6 Å². The normalized spacial score (nSPS) is 8.70. The zero-order valence-electron chi connectivity index (χ0n) is 15.0. The van der Waals surface area contributed by atoms with Crippen molar-refractivity contribution in [3.05, 3.63) is 60.4 Å². The molecule has 0 aliphatic heterocycles. The Kier molecular flexibility index (Phi) is 10.8. The molecule has 124 valence electrons. The number of nitriles is 1. The van der Waals surface area contributed by atoms with Gasteiger partial charge in [0.25, 0.3) is 0 Å². The van der Waals surface area contributed by atoms with Crippen molar-refractivity contribution in [2.75, 3.05) is 7.11 Å². The molecule has 1 aromatic heterocycles. The molecule has 0 saturated carbocycles. The summed E-state index contributed by atoms with van der Waals surface area (Å²) in [7, 11) is 1.64. The molecule has 0 aliphatic rings. The smallest absolute Gasteiger partial charge is 0.119 e. The number of aryl methyl sites for hydroxylation is 1. The van der Waals surface area contributed by atoms with Crippen molar-refractivity contribution in [1.82, 2.24) is 4.57 Å². The van der Waals surface area contributed by atoms with E-state index in [-0.39, 0.29) is 0 Å². The highest BCUT2D eigenvalue weighted by molar-refractivity contribution is 5.44. The highest BCUT2D eigenvalue weighted by Crippen LogP contribution is 2.19. The van der Waals surface area contributed by atoms with Gasteiger partial charge >= 0.3 is 0 Å². The monoisotopic (exact) mass is 312 g/mol. The predicted molar refractivity (Wildman–Crippen MR) is 98.3 cm³/mol. The Labute approximate surface area is 140 Å². The number of hydrogen-bond donors (Lipinski definition) is 0. The van der Waals surface area contributed by atoms with E-state index in [1.54, 1.807) is 7.11 Å². The molecule has 0 N–H and O–H groups in total. The lowest BCUT2D eigenvalue weighted by molar-refractivity contribution is 0.415. The van der Waals surface area contributed by atoms with Gasteiger partial charge in [-0.05, 0) is 42.7 Å². The van der Waals surface area contributed by atoms with E-state index in [0.717, 1.165) is 35.4 Å². The maximum absolute atomic E-state index is 9.15. The van der Waals surface area contributed by atoms with Crippen LogP contribution in [0.1, 0.15) is 45.2 Å². The van der Waals surface area contributed by atoms with Gasteiger partial charge in [0.05, 0.1) is 12.7 Å². The standard InChI is InChI=1S/C16H16N2O.2C2H6/c1-3-4-5-13-11-18(12-14(13)10-17)15-6-8-16(19-2)9-7-15;2*1-2/h3,6-9,11-12H,1,4-5H2,2H3;2*1-2H3. The summed E-state index contributed by atoms with van der Waals surface area (Å²) in [5, 5.41) is 9.15.